The molecule has 47 heavy (non-hydrogen) atoms. The molecule has 0 radical (unpaired) electrons. The Balaban J connectivity index is 0.000000208. The number of non-ortho nitro benzene ring substituents is 2. The van der Waals surface area contributed by atoms with E-state index in [4.69, 9.17) is 0 Å². The van der Waals surface area contributed by atoms with Crippen LogP contribution in [0.4, 0.5) is 34.1 Å². The molecule has 0 unspecified atom stereocenters. The zero-order valence-electron chi connectivity index (χ0n) is 23.9. The van der Waals surface area contributed by atoms with Crippen molar-refractivity contribution in [2.75, 3.05) is 0 Å². The summed E-state index contributed by atoms with van der Waals surface area (Å²) in [7, 11) is 0. The van der Waals surface area contributed by atoms with Crippen LogP contribution in [0.3, 0.4) is 0 Å². The largest absolute Gasteiger partial charge is 0.506 e. The molecule has 15 heteroatoms. The number of aromatic hydroxyl groups is 4. The summed E-state index contributed by atoms with van der Waals surface area (Å²) in [6, 6.07) is 28.1. The maximum atomic E-state index is 10.8. The maximum Gasteiger partial charge on any atom is 0.273 e. The zero-order chi connectivity index (χ0) is 32.8. The van der Waals surface area contributed by atoms with Crippen molar-refractivity contribution in [1.29, 1.82) is 0 Å². The van der Waals surface area contributed by atoms with Crippen LogP contribution in [-0.4, -0.2) is 30.3 Å². The molecule has 0 aliphatic heterocycles. The molecule has 6 aromatic rings. The van der Waals surface area contributed by atoms with Crippen LogP contribution in [0.15, 0.2) is 130 Å². The second-order valence-corrected chi connectivity index (χ2v) is 9.57. The van der Waals surface area contributed by atoms with Gasteiger partial charge in [-0.3, -0.25) is 20.2 Å². The van der Waals surface area contributed by atoms with Crippen molar-refractivity contribution >= 4 is 55.7 Å². The van der Waals surface area contributed by atoms with Gasteiger partial charge in [0, 0.05) is 46.0 Å². The van der Waals surface area contributed by atoms with Crippen molar-refractivity contribution < 1.29 is 47.3 Å². The van der Waals surface area contributed by atoms with E-state index in [0.29, 0.717) is 10.8 Å². The van der Waals surface area contributed by atoms with E-state index in [9.17, 15) is 40.7 Å². The summed E-state index contributed by atoms with van der Waals surface area (Å²) >= 11 is 0. The molecule has 0 fully saturated rings. The first-order valence-corrected chi connectivity index (χ1v) is 13.3. The van der Waals surface area contributed by atoms with Gasteiger partial charge in [-0.1, -0.05) is 60.7 Å². The fourth-order valence-corrected chi connectivity index (χ4v) is 4.32. The van der Waals surface area contributed by atoms with E-state index in [-0.39, 0.29) is 74.2 Å². The first kappa shape index (κ1) is 33.5. The first-order valence-electron chi connectivity index (χ1n) is 13.3. The van der Waals surface area contributed by atoms with Gasteiger partial charge in [0.15, 0.2) is 0 Å². The Morgan fingerprint density at radius 3 is 1.43 bits per heavy atom. The first-order chi connectivity index (χ1) is 22.1. The number of rotatable bonds is 6. The third-order valence-electron chi connectivity index (χ3n) is 6.61. The zero-order valence-corrected chi connectivity index (χ0v) is 25.0. The minimum absolute atomic E-state index is 0. The van der Waals surface area contributed by atoms with E-state index in [1.54, 1.807) is 30.3 Å². The van der Waals surface area contributed by atoms with Gasteiger partial charge in [-0.2, -0.15) is 0 Å². The summed E-state index contributed by atoms with van der Waals surface area (Å²) in [5, 5.41) is 79.7. The van der Waals surface area contributed by atoms with Gasteiger partial charge in [-0.25, -0.2) is 0 Å². The van der Waals surface area contributed by atoms with Crippen molar-refractivity contribution in [3.05, 3.63) is 129 Å². The third kappa shape index (κ3) is 7.62. The number of nitrogens with zero attached hydrogens (tertiary/aromatic N) is 6. The number of benzene rings is 6. The second kappa shape index (κ2) is 14.6. The summed E-state index contributed by atoms with van der Waals surface area (Å²) in [5.41, 5.74) is 0.0673. The topological polar surface area (TPSA) is 217 Å². The Morgan fingerprint density at radius 1 is 0.468 bits per heavy atom. The monoisotopic (exact) mass is 674 g/mol. The predicted octanol–water partition coefficient (Wildman–Crippen LogP) is 9.15. The average molecular weight is 674 g/mol. The Bertz CT molecular complexity index is 2190. The molecule has 6 aromatic carbocycles. The van der Waals surface area contributed by atoms with E-state index in [1.807, 2.05) is 30.3 Å². The van der Waals surface area contributed by atoms with Crippen LogP contribution in [0.1, 0.15) is 0 Å². The SMILES string of the molecule is O=[N+]([O-])c1ccc(N=Nc2c(O)ccc3ccccc23)c(O)c1.O=[N+]([O-])c1ccc(O)c(N=Nc2c(O)ccc3ccccc23)c1.[Fe]. The number of azo groups is 2. The molecule has 6 rings (SSSR count). The molecule has 0 saturated carbocycles. The number of nitro benzene ring substituents is 2. The Kier molecular flexibility index (Phi) is 10.4. The van der Waals surface area contributed by atoms with Crippen molar-refractivity contribution in [2.24, 2.45) is 20.5 Å². The fraction of sp³-hybridized carbons (Fsp3) is 0. The molecule has 4 N–H and O–H groups in total. The predicted molar refractivity (Wildman–Crippen MR) is 169 cm³/mol. The van der Waals surface area contributed by atoms with Crippen molar-refractivity contribution in [3.8, 4) is 23.0 Å². The van der Waals surface area contributed by atoms with Gasteiger partial charge in [0.25, 0.3) is 11.4 Å². The molecule has 0 saturated heterocycles. The van der Waals surface area contributed by atoms with E-state index in [2.05, 4.69) is 20.5 Å². The molecular weight excluding hydrogens is 652 g/mol. The number of phenolic OH excluding ortho intramolecular Hbond substituents is 4. The number of fused-ring (bicyclic) bond motifs is 2. The van der Waals surface area contributed by atoms with Crippen LogP contribution in [0.5, 0.6) is 23.0 Å². The molecule has 0 amide bonds. The normalized spacial score (nSPS) is 10.9. The van der Waals surface area contributed by atoms with Crippen LogP contribution >= 0.6 is 0 Å². The van der Waals surface area contributed by atoms with Gasteiger partial charge >= 0.3 is 0 Å². The van der Waals surface area contributed by atoms with E-state index >= 15 is 0 Å². The number of hydrogen-bond donors (Lipinski definition) is 4. The number of nitro groups is 2. The summed E-state index contributed by atoms with van der Waals surface area (Å²) < 4.78 is 0. The van der Waals surface area contributed by atoms with Gasteiger partial charge in [-0.15, -0.1) is 20.5 Å². The Morgan fingerprint density at radius 2 is 0.915 bits per heavy atom. The van der Waals surface area contributed by atoms with E-state index < -0.39 is 9.85 Å². The molecule has 0 atom stereocenters. The van der Waals surface area contributed by atoms with Crippen LogP contribution in [0.25, 0.3) is 21.5 Å². The van der Waals surface area contributed by atoms with Crippen LogP contribution in [0.2, 0.25) is 0 Å². The van der Waals surface area contributed by atoms with E-state index in [0.717, 1.165) is 22.9 Å². The Labute approximate surface area is 275 Å². The molecule has 236 valence electrons. The van der Waals surface area contributed by atoms with E-state index in [1.165, 1.54) is 36.4 Å². The standard InChI is InChI=1S/2C16H11N3O4.Fe/c20-14-8-5-10-3-1-2-4-12(10)16(14)18-17-13-7-6-11(19(22)23)9-15(13)21;20-14-8-6-11(19(22)23)9-13(14)17-18-16-12-4-2-1-3-10(12)5-7-15(16)21;/h2*1-9,20-21H;. The molecule has 14 nitrogen and oxygen atoms in total. The minimum atomic E-state index is -0.614. The number of hydrogen-bond acceptors (Lipinski definition) is 12. The summed E-state index contributed by atoms with van der Waals surface area (Å²) in [5.74, 6) is -0.715. The third-order valence-corrected chi connectivity index (χ3v) is 6.61. The Hall–Kier alpha value is -6.44. The average Bonchev–Trinajstić information content (AvgIpc) is 3.05. The molecule has 0 heterocycles. The van der Waals surface area contributed by atoms with Crippen LogP contribution in [0, 0.1) is 20.2 Å². The van der Waals surface area contributed by atoms with Gasteiger partial charge in [0.2, 0.25) is 0 Å². The maximum absolute atomic E-state index is 10.8. The quantitative estimate of drug-likeness (QED) is 0.0576. The van der Waals surface area contributed by atoms with Crippen molar-refractivity contribution in [3.63, 3.8) is 0 Å². The second-order valence-electron chi connectivity index (χ2n) is 9.57. The summed E-state index contributed by atoms with van der Waals surface area (Å²) in [6.07, 6.45) is 0. The summed E-state index contributed by atoms with van der Waals surface area (Å²) in [6.45, 7) is 0. The smallest absolute Gasteiger partial charge is 0.273 e. The molecular formula is C32H22FeN6O8. The van der Waals surface area contributed by atoms with Gasteiger partial charge < -0.3 is 20.4 Å². The van der Waals surface area contributed by atoms with Crippen LogP contribution in [-0.2, 0) is 17.1 Å². The molecule has 0 bridgehead atoms. The minimum Gasteiger partial charge on any atom is -0.506 e. The number of phenols is 4. The van der Waals surface area contributed by atoms with Gasteiger partial charge in [0.1, 0.15) is 45.7 Å². The fourth-order valence-electron chi connectivity index (χ4n) is 4.32. The van der Waals surface area contributed by atoms with Gasteiger partial charge in [0.05, 0.1) is 15.9 Å². The van der Waals surface area contributed by atoms with Crippen LogP contribution < -0.4 is 0 Å². The molecule has 0 spiro atoms. The van der Waals surface area contributed by atoms with Gasteiger partial charge in [-0.05, 0) is 35.0 Å². The summed E-state index contributed by atoms with van der Waals surface area (Å²) in [4.78, 5) is 20.2. The molecule has 0 aliphatic rings. The molecule has 0 aromatic heterocycles. The van der Waals surface area contributed by atoms with Crippen molar-refractivity contribution in [1.82, 2.24) is 0 Å². The molecule has 0 aliphatic carbocycles. The van der Waals surface area contributed by atoms with Crippen molar-refractivity contribution in [2.45, 2.75) is 0 Å².